The van der Waals surface area contributed by atoms with Gasteiger partial charge in [-0.1, -0.05) is 32.0 Å². The van der Waals surface area contributed by atoms with Crippen molar-refractivity contribution >= 4 is 23.6 Å². The zero-order chi connectivity index (χ0) is 34.4. The third-order valence-electron chi connectivity index (χ3n) is 9.78. The molecule has 2 aromatic heterocycles. The fourth-order valence-electron chi connectivity index (χ4n) is 7.13. The molecule has 0 saturated carbocycles. The maximum atomic E-state index is 12.9. The van der Waals surface area contributed by atoms with Crippen molar-refractivity contribution in [1.82, 2.24) is 19.9 Å². The summed E-state index contributed by atoms with van der Waals surface area (Å²) in [6.45, 7) is 22.3. The van der Waals surface area contributed by atoms with Gasteiger partial charge in [-0.3, -0.25) is 4.98 Å². The van der Waals surface area contributed by atoms with E-state index in [2.05, 4.69) is 51.7 Å². The lowest BCUT2D eigenvalue weighted by molar-refractivity contribution is -0.160. The quantitative estimate of drug-likeness (QED) is 0.331. The molecule has 11 heteroatoms. The molecule has 1 unspecified atom stereocenters. The lowest BCUT2D eigenvalue weighted by Crippen LogP contribution is -2.39. The molecule has 48 heavy (non-hydrogen) atoms. The van der Waals surface area contributed by atoms with Gasteiger partial charge >= 0.3 is 5.97 Å². The highest BCUT2D eigenvalue weighted by molar-refractivity contribution is 5.88. The number of aryl methyl sites for hydroxylation is 3. The number of nitrogens with zero attached hydrogens (tertiary/aromatic N) is 7. The lowest BCUT2D eigenvalue weighted by Gasteiger charge is -2.41. The molecule has 0 aliphatic carbocycles. The smallest absolute Gasteiger partial charge is 0.337 e. The first-order chi connectivity index (χ1) is 22.7. The fourth-order valence-corrected chi connectivity index (χ4v) is 7.13. The van der Waals surface area contributed by atoms with Gasteiger partial charge in [-0.2, -0.15) is 15.0 Å². The van der Waals surface area contributed by atoms with Gasteiger partial charge in [-0.15, -0.1) is 0 Å². The van der Waals surface area contributed by atoms with Gasteiger partial charge < -0.3 is 29.3 Å². The van der Waals surface area contributed by atoms with Crippen molar-refractivity contribution in [3.8, 4) is 11.1 Å². The van der Waals surface area contributed by atoms with Crippen LogP contribution in [0, 0.1) is 26.2 Å². The van der Waals surface area contributed by atoms with Crippen LogP contribution in [-0.2, 0) is 27.2 Å². The summed E-state index contributed by atoms with van der Waals surface area (Å²) in [6.07, 6.45) is 1.74. The number of carboxylic acids is 1. The summed E-state index contributed by atoms with van der Waals surface area (Å²) in [7, 11) is 0. The van der Waals surface area contributed by atoms with E-state index >= 15 is 0 Å². The van der Waals surface area contributed by atoms with Crippen molar-refractivity contribution in [2.45, 2.75) is 92.9 Å². The molecular weight excluding hydrogens is 606 g/mol. The van der Waals surface area contributed by atoms with Crippen molar-refractivity contribution in [1.29, 1.82) is 0 Å². The molecule has 2 saturated heterocycles. The number of anilines is 3. The number of carbonyl (C=O) groups is 1. The van der Waals surface area contributed by atoms with E-state index in [1.807, 2.05) is 41.5 Å². The van der Waals surface area contributed by atoms with Gasteiger partial charge in [0.2, 0.25) is 11.9 Å². The number of hydrogen-bond acceptors (Lipinski definition) is 10. The second-order valence-electron chi connectivity index (χ2n) is 15.3. The van der Waals surface area contributed by atoms with E-state index in [4.69, 9.17) is 24.4 Å². The van der Waals surface area contributed by atoms with E-state index in [1.54, 1.807) is 0 Å². The summed E-state index contributed by atoms with van der Waals surface area (Å²) in [4.78, 5) is 38.9. The Kier molecular flexibility index (Phi) is 9.39. The summed E-state index contributed by atoms with van der Waals surface area (Å²) in [5, 5.41) is 10.5. The van der Waals surface area contributed by atoms with Crippen molar-refractivity contribution in [2.24, 2.45) is 5.41 Å². The molecule has 3 aliphatic rings. The minimum Gasteiger partial charge on any atom is -0.479 e. The lowest BCUT2D eigenvalue weighted by atomic mass is 9.81. The van der Waals surface area contributed by atoms with Gasteiger partial charge in [0, 0.05) is 61.8 Å². The summed E-state index contributed by atoms with van der Waals surface area (Å²) >= 11 is 0. The molecule has 0 amide bonds. The highest BCUT2D eigenvalue weighted by atomic mass is 16.5. The predicted octanol–water partition coefficient (Wildman–Crippen LogP) is 5.83. The summed E-state index contributed by atoms with van der Waals surface area (Å²) < 4.78 is 11.8. The van der Waals surface area contributed by atoms with E-state index in [-0.39, 0.29) is 5.41 Å². The third-order valence-corrected chi connectivity index (χ3v) is 9.78. The van der Waals surface area contributed by atoms with Gasteiger partial charge in [0.25, 0.3) is 0 Å². The Labute approximate surface area is 284 Å². The zero-order valence-electron chi connectivity index (χ0n) is 29.9. The highest BCUT2D eigenvalue weighted by Crippen LogP contribution is 2.45. The number of carboxylic acid groups (broad SMARTS) is 1. The molecule has 5 heterocycles. The Balaban J connectivity index is 1.38. The Morgan fingerprint density at radius 1 is 0.875 bits per heavy atom. The van der Waals surface area contributed by atoms with Crippen LogP contribution in [0.2, 0.25) is 0 Å². The zero-order valence-corrected chi connectivity index (χ0v) is 29.9. The first-order valence-electron chi connectivity index (χ1n) is 17.3. The van der Waals surface area contributed by atoms with Crippen molar-refractivity contribution < 1.29 is 19.4 Å². The molecule has 0 spiro atoms. The topological polar surface area (TPSA) is 117 Å². The van der Waals surface area contributed by atoms with E-state index in [0.717, 1.165) is 74.5 Å². The highest BCUT2D eigenvalue weighted by Gasteiger charge is 2.37. The second kappa shape index (κ2) is 13.2. The fraction of sp³-hybridized carbons (Fsp3) is 0.595. The molecule has 1 N–H and O–H groups in total. The summed E-state index contributed by atoms with van der Waals surface area (Å²) in [6, 6.07) is 6.66. The van der Waals surface area contributed by atoms with Crippen LogP contribution >= 0.6 is 0 Å². The number of benzene rings is 1. The van der Waals surface area contributed by atoms with Crippen molar-refractivity contribution in [3.63, 3.8) is 0 Å². The second-order valence-corrected chi connectivity index (χ2v) is 15.3. The van der Waals surface area contributed by atoms with Crippen LogP contribution in [0.15, 0.2) is 18.2 Å². The molecule has 3 aromatic rings. The first kappa shape index (κ1) is 34.0. The maximum Gasteiger partial charge on any atom is 0.337 e. The summed E-state index contributed by atoms with van der Waals surface area (Å²) in [5.41, 5.74) is 7.33. The molecule has 258 valence electrons. The minimum absolute atomic E-state index is 0.236. The Hall–Kier alpha value is -3.83. The molecule has 2 fully saturated rings. The molecule has 11 nitrogen and oxygen atoms in total. The number of aliphatic carboxylic acids is 1. The van der Waals surface area contributed by atoms with Crippen LogP contribution in [0.1, 0.15) is 87.5 Å². The SMILES string of the molecule is Cc1nc(N2CCOCC2)nc(N2CCc3cc(-c4c(C)nc(C)c(C(OC(C)(C)C)C(=O)O)c4N4CCC(C)(C)CC4)ccc3C2)n1. The number of pyridine rings is 1. The number of hydrogen-bond donors (Lipinski definition) is 1. The number of piperidine rings is 1. The number of ether oxygens (including phenoxy) is 2. The molecular formula is C37H51N7O4. The van der Waals surface area contributed by atoms with Gasteiger partial charge in [-0.05, 0) is 82.9 Å². The van der Waals surface area contributed by atoms with E-state index in [9.17, 15) is 9.90 Å². The Bertz CT molecular complexity index is 1670. The maximum absolute atomic E-state index is 12.9. The third kappa shape index (κ3) is 7.27. The van der Waals surface area contributed by atoms with E-state index in [0.29, 0.717) is 48.7 Å². The molecule has 3 aliphatic heterocycles. The first-order valence-corrected chi connectivity index (χ1v) is 17.3. The Morgan fingerprint density at radius 2 is 1.54 bits per heavy atom. The monoisotopic (exact) mass is 657 g/mol. The number of fused-ring (bicyclic) bond motifs is 1. The van der Waals surface area contributed by atoms with Crippen LogP contribution in [0.4, 0.5) is 17.6 Å². The minimum atomic E-state index is -1.14. The molecule has 1 atom stereocenters. The molecule has 0 radical (unpaired) electrons. The Morgan fingerprint density at radius 3 is 2.19 bits per heavy atom. The largest absolute Gasteiger partial charge is 0.479 e. The van der Waals surface area contributed by atoms with Crippen LogP contribution in [0.3, 0.4) is 0 Å². The standard InChI is InChI=1S/C37H51N7O4/c1-23-29(31(42-15-12-37(7,8)13-16-42)30(24(2)38-23)32(33(45)46)48-36(4,5)6)27-9-10-28-22-44(14-11-26(28)21-27)35-40-25(3)39-34(41-35)43-17-19-47-20-18-43/h9-10,21,32H,11-20,22H2,1-8H3,(H,45,46). The van der Waals surface area contributed by atoms with Crippen LogP contribution in [-0.4, -0.2) is 82.6 Å². The molecule has 0 bridgehead atoms. The summed E-state index contributed by atoms with van der Waals surface area (Å²) in [5.74, 6) is 1.13. The number of morpholine rings is 1. The number of aromatic nitrogens is 4. The van der Waals surface area contributed by atoms with Crippen LogP contribution < -0.4 is 14.7 Å². The van der Waals surface area contributed by atoms with Crippen LogP contribution in [0.25, 0.3) is 11.1 Å². The van der Waals surface area contributed by atoms with Gasteiger partial charge in [0.15, 0.2) is 6.10 Å². The van der Waals surface area contributed by atoms with Gasteiger partial charge in [-0.25, -0.2) is 4.79 Å². The molecule has 1 aromatic carbocycles. The number of rotatable bonds is 7. The van der Waals surface area contributed by atoms with Crippen molar-refractivity contribution in [3.05, 3.63) is 52.1 Å². The van der Waals surface area contributed by atoms with Gasteiger partial charge in [0.05, 0.1) is 24.5 Å². The van der Waals surface area contributed by atoms with Crippen LogP contribution in [0.5, 0.6) is 0 Å². The van der Waals surface area contributed by atoms with Crippen molar-refractivity contribution in [2.75, 3.05) is 60.6 Å². The average molecular weight is 658 g/mol. The van der Waals surface area contributed by atoms with Gasteiger partial charge in [0.1, 0.15) is 5.82 Å². The predicted molar refractivity (Wildman–Crippen MR) is 188 cm³/mol. The molecule has 6 rings (SSSR count). The average Bonchev–Trinajstić information content (AvgIpc) is 3.03. The van der Waals surface area contributed by atoms with E-state index in [1.165, 1.54) is 11.1 Å². The van der Waals surface area contributed by atoms with E-state index < -0.39 is 17.7 Å². The normalized spacial score (nSPS) is 18.9.